The summed E-state index contributed by atoms with van der Waals surface area (Å²) in [6.07, 6.45) is 27.6. The fourth-order valence-corrected chi connectivity index (χ4v) is 7.09. The second-order valence-electron chi connectivity index (χ2n) is 15.7. The van der Waals surface area contributed by atoms with Crippen LogP contribution >= 0.6 is 0 Å². The van der Waals surface area contributed by atoms with Gasteiger partial charge in [0, 0.05) is 30.2 Å². The summed E-state index contributed by atoms with van der Waals surface area (Å²) >= 11 is 0. The van der Waals surface area contributed by atoms with Crippen molar-refractivity contribution in [3.63, 3.8) is 0 Å². The van der Waals surface area contributed by atoms with Crippen molar-refractivity contribution in [2.75, 3.05) is 26.4 Å². The van der Waals surface area contributed by atoms with Gasteiger partial charge in [0.1, 0.15) is 17.2 Å². The van der Waals surface area contributed by atoms with Gasteiger partial charge in [-0.3, -0.25) is 4.79 Å². The molecule has 10 nitrogen and oxygen atoms in total. The molecule has 1 aliphatic rings. The van der Waals surface area contributed by atoms with Gasteiger partial charge in [0.2, 0.25) is 0 Å². The highest BCUT2D eigenvalue weighted by Crippen LogP contribution is 2.29. The van der Waals surface area contributed by atoms with Gasteiger partial charge in [0.05, 0.1) is 31.8 Å². The lowest BCUT2D eigenvalue weighted by Crippen LogP contribution is -2.29. The lowest BCUT2D eigenvalue weighted by molar-refractivity contribution is -0.141. The number of esters is 4. The first kappa shape index (κ1) is 50.5. The number of carbonyl (C=O) groups excluding carboxylic acids is 4. The number of hydrogen-bond donors (Lipinski definition) is 0. The lowest BCUT2D eigenvalue weighted by Gasteiger charge is -2.27. The summed E-state index contributed by atoms with van der Waals surface area (Å²) in [5, 5.41) is 0. The van der Waals surface area contributed by atoms with Crippen molar-refractivity contribution < 1.29 is 47.6 Å². The number of benzene rings is 2. The van der Waals surface area contributed by atoms with Crippen LogP contribution in [0.1, 0.15) is 153 Å². The highest BCUT2D eigenvalue weighted by molar-refractivity contribution is 5.90. The van der Waals surface area contributed by atoms with Gasteiger partial charge >= 0.3 is 23.9 Å². The molecule has 0 radical (unpaired) electrons. The summed E-state index contributed by atoms with van der Waals surface area (Å²) in [5.41, 5.74) is 0.678. The van der Waals surface area contributed by atoms with E-state index in [0.29, 0.717) is 36.9 Å². The molecule has 0 aromatic heterocycles. The Balaban J connectivity index is 1.16. The molecule has 1 saturated carbocycles. The molecule has 2 aromatic carbocycles. The van der Waals surface area contributed by atoms with Crippen LogP contribution in [-0.2, 0) is 33.4 Å². The predicted molar refractivity (Wildman–Crippen MR) is 238 cm³/mol. The van der Waals surface area contributed by atoms with Crippen molar-refractivity contribution in [1.29, 1.82) is 0 Å². The van der Waals surface area contributed by atoms with Crippen LogP contribution in [0.25, 0.3) is 0 Å². The maximum Gasteiger partial charge on any atom is 0.390 e. The van der Waals surface area contributed by atoms with Gasteiger partial charge in [0.25, 0.3) is 0 Å². The van der Waals surface area contributed by atoms with Crippen molar-refractivity contribution in [2.24, 2.45) is 5.92 Å². The highest BCUT2D eigenvalue weighted by Gasteiger charge is 2.28. The number of hydrogen-bond acceptors (Lipinski definition) is 10. The molecule has 61 heavy (non-hydrogen) atoms. The summed E-state index contributed by atoms with van der Waals surface area (Å²) in [6, 6.07) is 13.8. The highest BCUT2D eigenvalue weighted by atomic mass is 16.5. The van der Waals surface area contributed by atoms with Gasteiger partial charge in [-0.1, -0.05) is 115 Å². The molecule has 0 aliphatic heterocycles. The standard InChI is InChI=1S/C51H70O10/c1-3-48(52)58-40-22-18-14-9-6-5-8-12-16-20-38-56-44-29-24-42(25-30-44)26-37-50(54)60-46-33-35-47(36-34-46)61-51(55)43-27-31-45(32-28-43)57-39-21-17-13-10-7-11-15-19-23-41-59-49(53)4-2/h3-4,24-25,29-30,33-36,43,45H,1-2,5-23,27-28,31-32,38-41H2. The first-order valence-electron chi connectivity index (χ1n) is 22.8. The van der Waals surface area contributed by atoms with E-state index in [-0.39, 0.29) is 29.9 Å². The maximum absolute atomic E-state index is 12.9. The zero-order valence-electron chi connectivity index (χ0n) is 36.5. The summed E-state index contributed by atoms with van der Waals surface area (Å²) in [6.45, 7) is 9.17. The summed E-state index contributed by atoms with van der Waals surface area (Å²) in [7, 11) is 0. The molecule has 0 spiro atoms. The van der Waals surface area contributed by atoms with E-state index in [4.69, 9.17) is 28.4 Å². The van der Waals surface area contributed by atoms with E-state index < -0.39 is 5.97 Å². The van der Waals surface area contributed by atoms with Crippen LogP contribution in [0.3, 0.4) is 0 Å². The van der Waals surface area contributed by atoms with Crippen LogP contribution in [0, 0.1) is 17.8 Å². The quantitative estimate of drug-likeness (QED) is 0.0231. The Morgan fingerprint density at radius 2 is 0.918 bits per heavy atom. The van der Waals surface area contributed by atoms with Gasteiger partial charge in [0.15, 0.2) is 0 Å². The molecule has 0 atom stereocenters. The Morgan fingerprint density at radius 1 is 0.508 bits per heavy atom. The second kappa shape index (κ2) is 32.8. The number of ether oxygens (including phenoxy) is 6. The first-order valence-corrected chi connectivity index (χ1v) is 22.8. The molecule has 334 valence electrons. The Labute approximate surface area is 365 Å². The minimum absolute atomic E-state index is 0.154. The maximum atomic E-state index is 12.9. The zero-order chi connectivity index (χ0) is 43.6. The Hall–Kier alpha value is -4.88. The minimum atomic E-state index is -0.682. The molecular formula is C51H70O10. The van der Waals surface area contributed by atoms with Crippen molar-refractivity contribution >= 4 is 23.9 Å². The molecule has 0 N–H and O–H groups in total. The Morgan fingerprint density at radius 3 is 1.39 bits per heavy atom. The molecule has 0 unspecified atom stereocenters. The van der Waals surface area contributed by atoms with Crippen molar-refractivity contribution in [2.45, 2.75) is 154 Å². The summed E-state index contributed by atoms with van der Waals surface area (Å²) < 4.78 is 33.0. The fraction of sp³-hybridized carbons (Fsp3) is 0.569. The second-order valence-corrected chi connectivity index (χ2v) is 15.7. The SMILES string of the molecule is C=CC(=O)OCCCCCCCCCCCCOc1ccc(C#CC(=O)Oc2ccc(OC(=O)C3CCC(OCCCCCCCCCCCOC(=O)C=C)CC3)cc2)cc1. The lowest BCUT2D eigenvalue weighted by atomic mass is 9.87. The molecule has 1 aliphatic carbocycles. The minimum Gasteiger partial charge on any atom is -0.494 e. The van der Waals surface area contributed by atoms with Gasteiger partial charge in [-0.25, -0.2) is 14.4 Å². The van der Waals surface area contributed by atoms with Crippen molar-refractivity contribution in [3.8, 4) is 29.1 Å². The Kier molecular flexibility index (Phi) is 27.2. The van der Waals surface area contributed by atoms with Gasteiger partial charge in [-0.2, -0.15) is 0 Å². The van der Waals surface area contributed by atoms with E-state index in [1.165, 1.54) is 89.2 Å². The molecule has 0 amide bonds. The van der Waals surface area contributed by atoms with E-state index in [2.05, 4.69) is 25.0 Å². The van der Waals surface area contributed by atoms with E-state index >= 15 is 0 Å². The van der Waals surface area contributed by atoms with Gasteiger partial charge < -0.3 is 28.4 Å². The summed E-state index contributed by atoms with van der Waals surface area (Å²) in [4.78, 5) is 47.3. The zero-order valence-corrected chi connectivity index (χ0v) is 36.5. The van der Waals surface area contributed by atoms with Crippen LogP contribution in [0.4, 0.5) is 0 Å². The van der Waals surface area contributed by atoms with Crippen molar-refractivity contribution in [3.05, 3.63) is 79.4 Å². The third-order valence-corrected chi connectivity index (χ3v) is 10.7. The van der Waals surface area contributed by atoms with E-state index in [0.717, 1.165) is 83.0 Å². The van der Waals surface area contributed by atoms with Crippen LogP contribution in [0.15, 0.2) is 73.8 Å². The predicted octanol–water partition coefficient (Wildman–Crippen LogP) is 11.4. The molecule has 0 saturated heterocycles. The van der Waals surface area contributed by atoms with Crippen LogP contribution < -0.4 is 14.2 Å². The molecule has 1 fully saturated rings. The normalized spacial score (nSPS) is 14.5. The largest absolute Gasteiger partial charge is 0.494 e. The molecule has 2 aromatic rings. The number of unbranched alkanes of at least 4 members (excludes halogenated alkanes) is 17. The van der Waals surface area contributed by atoms with E-state index in [9.17, 15) is 19.2 Å². The van der Waals surface area contributed by atoms with E-state index in [1.807, 2.05) is 24.3 Å². The van der Waals surface area contributed by atoms with Crippen molar-refractivity contribution in [1.82, 2.24) is 0 Å². The van der Waals surface area contributed by atoms with E-state index in [1.54, 1.807) is 24.3 Å². The topological polar surface area (TPSA) is 124 Å². The smallest absolute Gasteiger partial charge is 0.390 e. The number of carbonyl (C=O) groups is 4. The Bertz CT molecular complexity index is 1610. The molecule has 10 heteroatoms. The number of rotatable bonds is 32. The molecule has 3 rings (SSSR count). The third-order valence-electron chi connectivity index (χ3n) is 10.7. The third kappa shape index (κ3) is 24.8. The van der Waals surface area contributed by atoms with Gasteiger partial charge in [-0.15, -0.1) is 0 Å². The van der Waals surface area contributed by atoms with Crippen LogP contribution in [0.5, 0.6) is 17.2 Å². The molecule has 0 heterocycles. The average molecular weight is 843 g/mol. The summed E-state index contributed by atoms with van der Waals surface area (Å²) in [5.74, 6) is 5.08. The molecule has 0 bridgehead atoms. The average Bonchev–Trinajstić information content (AvgIpc) is 3.28. The van der Waals surface area contributed by atoms with Crippen LogP contribution in [0.2, 0.25) is 0 Å². The van der Waals surface area contributed by atoms with Crippen LogP contribution in [-0.4, -0.2) is 56.4 Å². The monoisotopic (exact) mass is 842 g/mol. The fourth-order valence-electron chi connectivity index (χ4n) is 7.09. The van der Waals surface area contributed by atoms with Gasteiger partial charge in [-0.05, 0) is 99.9 Å². The molecular weight excluding hydrogens is 773 g/mol. The first-order chi connectivity index (χ1) is 29.9.